The average Bonchev–Trinajstić information content (AvgIpc) is 2.66. The van der Waals surface area contributed by atoms with Crippen LogP contribution in [0.4, 0.5) is 5.69 Å². The molecule has 0 bridgehead atoms. The van der Waals surface area contributed by atoms with E-state index in [2.05, 4.69) is 18.7 Å². The van der Waals surface area contributed by atoms with Crippen LogP contribution in [-0.2, 0) is 4.79 Å². The summed E-state index contributed by atoms with van der Waals surface area (Å²) in [6, 6.07) is 5.05. The highest BCUT2D eigenvalue weighted by Gasteiger charge is 2.37. The highest BCUT2D eigenvalue weighted by atomic mass is 35.5. The molecule has 1 aromatic carbocycles. The summed E-state index contributed by atoms with van der Waals surface area (Å²) in [4.78, 5) is 27.6. The van der Waals surface area contributed by atoms with E-state index in [0.29, 0.717) is 22.8 Å². The number of nitrogens with zero attached hydrogens (tertiary/aromatic N) is 2. The van der Waals surface area contributed by atoms with Crippen molar-refractivity contribution in [3.05, 3.63) is 28.8 Å². The molecular formula is C14H17ClN2O2. The van der Waals surface area contributed by atoms with Crippen LogP contribution in [0.2, 0.25) is 5.02 Å². The maximum Gasteiger partial charge on any atom is 0.299 e. The van der Waals surface area contributed by atoms with Crippen molar-refractivity contribution in [2.24, 2.45) is 0 Å². The van der Waals surface area contributed by atoms with Crippen LogP contribution >= 0.6 is 11.6 Å². The van der Waals surface area contributed by atoms with Gasteiger partial charge in [0.05, 0.1) is 16.3 Å². The van der Waals surface area contributed by atoms with Crippen molar-refractivity contribution in [2.45, 2.75) is 13.8 Å². The Balaban J connectivity index is 2.23. The van der Waals surface area contributed by atoms with Gasteiger partial charge in [0.1, 0.15) is 0 Å². The minimum absolute atomic E-state index is 0.414. The van der Waals surface area contributed by atoms with Crippen LogP contribution in [0.1, 0.15) is 24.2 Å². The lowest BCUT2D eigenvalue weighted by Crippen LogP contribution is -2.38. The summed E-state index contributed by atoms with van der Waals surface area (Å²) < 4.78 is 0. The molecule has 0 radical (unpaired) electrons. The fourth-order valence-corrected chi connectivity index (χ4v) is 2.58. The first-order chi connectivity index (χ1) is 9.10. The van der Waals surface area contributed by atoms with Gasteiger partial charge in [0.2, 0.25) is 0 Å². The van der Waals surface area contributed by atoms with Crippen molar-refractivity contribution in [3.8, 4) is 0 Å². The smallest absolute Gasteiger partial charge is 0.299 e. The third-order valence-corrected chi connectivity index (χ3v) is 3.78. The van der Waals surface area contributed by atoms with Crippen molar-refractivity contribution in [1.29, 1.82) is 0 Å². The molecule has 5 heteroatoms. The first-order valence-corrected chi connectivity index (χ1v) is 6.85. The number of ketones is 1. The Morgan fingerprint density at radius 2 is 1.89 bits per heavy atom. The highest BCUT2D eigenvalue weighted by molar-refractivity contribution is 6.54. The molecule has 1 aromatic rings. The first kappa shape index (κ1) is 14.0. The van der Waals surface area contributed by atoms with Crippen LogP contribution in [-0.4, -0.2) is 42.8 Å². The van der Waals surface area contributed by atoms with Gasteiger partial charge < -0.3 is 9.80 Å². The molecule has 102 valence electrons. The number of anilines is 1. The van der Waals surface area contributed by atoms with Crippen molar-refractivity contribution in [1.82, 2.24) is 4.90 Å². The Labute approximate surface area is 117 Å². The number of amides is 1. The molecule has 0 N–H and O–H groups in total. The number of benzene rings is 1. The van der Waals surface area contributed by atoms with Crippen LogP contribution in [0.3, 0.4) is 0 Å². The van der Waals surface area contributed by atoms with Gasteiger partial charge in [-0.1, -0.05) is 31.5 Å². The van der Waals surface area contributed by atoms with Crippen LogP contribution < -0.4 is 4.90 Å². The lowest BCUT2D eigenvalue weighted by Gasteiger charge is -2.23. The van der Waals surface area contributed by atoms with Gasteiger partial charge in [-0.2, -0.15) is 0 Å². The van der Waals surface area contributed by atoms with E-state index in [1.807, 2.05) is 0 Å². The van der Waals surface area contributed by atoms with Gasteiger partial charge in [0.25, 0.3) is 11.7 Å². The number of carbonyl (C=O) groups is 2. The monoisotopic (exact) mass is 280 g/mol. The summed E-state index contributed by atoms with van der Waals surface area (Å²) in [6.07, 6.45) is 0. The minimum atomic E-state index is -0.477. The van der Waals surface area contributed by atoms with Gasteiger partial charge in [0, 0.05) is 13.1 Å². The Morgan fingerprint density at radius 1 is 1.21 bits per heavy atom. The molecule has 1 heterocycles. The van der Waals surface area contributed by atoms with Crippen molar-refractivity contribution < 1.29 is 9.59 Å². The molecule has 0 saturated heterocycles. The van der Waals surface area contributed by atoms with Crippen LogP contribution in [0.5, 0.6) is 0 Å². The number of hydrogen-bond donors (Lipinski definition) is 0. The molecule has 0 aromatic heterocycles. The van der Waals surface area contributed by atoms with Crippen molar-refractivity contribution in [3.63, 3.8) is 0 Å². The number of carbonyl (C=O) groups excluding carboxylic acids is 2. The van der Waals surface area contributed by atoms with Gasteiger partial charge in [-0.05, 0) is 25.2 Å². The normalized spacial score (nSPS) is 14.4. The van der Waals surface area contributed by atoms with Gasteiger partial charge in [0.15, 0.2) is 0 Å². The molecule has 1 aliphatic rings. The quantitative estimate of drug-likeness (QED) is 0.777. The SMILES string of the molecule is CCN(CC)CCN1C(=O)C(=O)c2cccc(Cl)c21. The zero-order chi connectivity index (χ0) is 14.0. The topological polar surface area (TPSA) is 40.6 Å². The molecule has 1 aliphatic heterocycles. The molecule has 0 saturated carbocycles. The summed E-state index contributed by atoms with van der Waals surface area (Å²) in [5, 5.41) is 0.455. The lowest BCUT2D eigenvalue weighted by molar-refractivity contribution is -0.114. The largest absolute Gasteiger partial charge is 0.302 e. The number of Topliss-reactive ketones (excluding diaryl/α,β-unsaturated/α-hetero) is 1. The zero-order valence-corrected chi connectivity index (χ0v) is 11.9. The van der Waals surface area contributed by atoms with Crippen molar-refractivity contribution >= 4 is 29.0 Å². The minimum Gasteiger partial charge on any atom is -0.302 e. The second kappa shape index (κ2) is 5.72. The number of hydrogen-bond acceptors (Lipinski definition) is 3. The Bertz CT molecular complexity index is 512. The number of rotatable bonds is 5. The summed E-state index contributed by atoms with van der Waals surface area (Å²) >= 11 is 6.12. The number of para-hydroxylation sites is 1. The first-order valence-electron chi connectivity index (χ1n) is 6.47. The molecule has 1 amide bonds. The summed E-state index contributed by atoms with van der Waals surface area (Å²) in [5.74, 6) is -0.938. The number of likely N-dealkylation sites (N-methyl/N-ethyl adjacent to an activating group) is 1. The van der Waals surface area contributed by atoms with E-state index < -0.39 is 11.7 Å². The van der Waals surface area contributed by atoms with Crippen LogP contribution in [0.15, 0.2) is 18.2 Å². The van der Waals surface area contributed by atoms with E-state index >= 15 is 0 Å². The lowest BCUT2D eigenvalue weighted by atomic mass is 10.1. The predicted octanol–water partition coefficient (Wildman–Crippen LogP) is 2.21. The Morgan fingerprint density at radius 3 is 2.53 bits per heavy atom. The van der Waals surface area contributed by atoms with Gasteiger partial charge in [-0.25, -0.2) is 0 Å². The van der Waals surface area contributed by atoms with E-state index in [1.54, 1.807) is 18.2 Å². The maximum absolute atomic E-state index is 12.0. The molecule has 0 unspecified atom stereocenters. The molecule has 2 rings (SSSR count). The van der Waals surface area contributed by atoms with Crippen LogP contribution in [0, 0.1) is 0 Å². The average molecular weight is 281 g/mol. The van der Waals surface area contributed by atoms with Gasteiger partial charge >= 0.3 is 0 Å². The third kappa shape index (κ3) is 2.51. The summed E-state index contributed by atoms with van der Waals surface area (Å²) in [6.45, 7) is 7.20. The zero-order valence-electron chi connectivity index (χ0n) is 11.1. The molecule has 0 aliphatic carbocycles. The number of fused-ring (bicyclic) bond motifs is 1. The van der Waals surface area contributed by atoms with Crippen molar-refractivity contribution in [2.75, 3.05) is 31.1 Å². The highest BCUT2D eigenvalue weighted by Crippen LogP contribution is 2.35. The predicted molar refractivity (Wildman–Crippen MR) is 75.9 cm³/mol. The van der Waals surface area contributed by atoms with E-state index in [0.717, 1.165) is 19.6 Å². The summed E-state index contributed by atoms with van der Waals surface area (Å²) in [7, 11) is 0. The van der Waals surface area contributed by atoms with Gasteiger partial charge in [-0.15, -0.1) is 0 Å². The molecule has 19 heavy (non-hydrogen) atoms. The molecule has 0 atom stereocenters. The standard InChI is InChI=1S/C14H17ClN2O2/c1-3-16(4-2)8-9-17-12-10(13(18)14(17)19)6-5-7-11(12)15/h5-7H,3-4,8-9H2,1-2H3. The number of halogens is 1. The molecule has 0 fully saturated rings. The molecule has 4 nitrogen and oxygen atoms in total. The third-order valence-electron chi connectivity index (χ3n) is 3.47. The Kier molecular flexibility index (Phi) is 4.22. The fourth-order valence-electron chi connectivity index (χ4n) is 2.31. The van der Waals surface area contributed by atoms with E-state index in [9.17, 15) is 9.59 Å². The van der Waals surface area contributed by atoms with E-state index in [-0.39, 0.29) is 0 Å². The molecule has 0 spiro atoms. The second-order valence-electron chi connectivity index (χ2n) is 4.45. The van der Waals surface area contributed by atoms with Gasteiger partial charge in [-0.3, -0.25) is 9.59 Å². The fraction of sp³-hybridized carbons (Fsp3) is 0.429. The summed E-state index contributed by atoms with van der Waals surface area (Å²) in [5.41, 5.74) is 0.975. The van der Waals surface area contributed by atoms with Crippen LogP contribution in [0.25, 0.3) is 0 Å². The second-order valence-corrected chi connectivity index (χ2v) is 4.86. The van der Waals surface area contributed by atoms with E-state index in [4.69, 9.17) is 11.6 Å². The van der Waals surface area contributed by atoms with E-state index in [1.165, 1.54) is 4.90 Å². The Hall–Kier alpha value is -1.39. The maximum atomic E-state index is 12.0. The molecular weight excluding hydrogens is 264 g/mol.